The third-order valence-corrected chi connectivity index (χ3v) is 6.40. The van der Waals surface area contributed by atoms with E-state index in [2.05, 4.69) is 13.8 Å². The Balaban J connectivity index is 1.64. The van der Waals surface area contributed by atoms with Crippen LogP contribution in [0.5, 0.6) is 5.75 Å². The molecule has 1 aromatic heterocycles. The van der Waals surface area contributed by atoms with Crippen molar-refractivity contribution in [2.24, 2.45) is 10.9 Å². The summed E-state index contributed by atoms with van der Waals surface area (Å²) in [6.45, 7) is 4.70. The number of rotatable bonds is 6. The van der Waals surface area contributed by atoms with E-state index in [9.17, 15) is 4.79 Å². The van der Waals surface area contributed by atoms with Crippen LogP contribution in [-0.4, -0.2) is 29.6 Å². The first kappa shape index (κ1) is 23.5. The molecule has 0 saturated carbocycles. The fourth-order valence-electron chi connectivity index (χ4n) is 3.28. The van der Waals surface area contributed by atoms with E-state index in [1.165, 1.54) is 11.8 Å². The topological polar surface area (TPSA) is 55.0 Å². The summed E-state index contributed by atoms with van der Waals surface area (Å²) in [6.07, 6.45) is 1.73. The highest BCUT2D eigenvalue weighted by atomic mass is 35.5. The lowest BCUT2D eigenvalue weighted by Crippen LogP contribution is -2.32. The van der Waals surface area contributed by atoms with Crippen molar-refractivity contribution in [2.75, 3.05) is 13.7 Å². The van der Waals surface area contributed by atoms with E-state index in [-0.39, 0.29) is 11.8 Å². The number of hydrogen-bond donors (Lipinski definition) is 0. The quantitative estimate of drug-likeness (QED) is 0.328. The first-order valence-electron chi connectivity index (χ1n) is 10.3. The molecule has 1 aliphatic heterocycles. The van der Waals surface area contributed by atoms with Gasteiger partial charge in [-0.2, -0.15) is 0 Å². The van der Waals surface area contributed by atoms with Crippen molar-refractivity contribution < 1.29 is 13.9 Å². The molecule has 0 bridgehead atoms. The molecule has 1 saturated heterocycles. The number of carbonyl (C=O) groups is 1. The third kappa shape index (κ3) is 5.46. The lowest BCUT2D eigenvalue weighted by molar-refractivity contribution is -0.122. The number of hydrogen-bond acceptors (Lipinski definition) is 5. The van der Waals surface area contributed by atoms with Crippen LogP contribution in [0.2, 0.25) is 10.0 Å². The molecule has 0 spiro atoms. The van der Waals surface area contributed by atoms with Gasteiger partial charge in [0, 0.05) is 23.2 Å². The van der Waals surface area contributed by atoms with Crippen molar-refractivity contribution in [3.05, 3.63) is 75.3 Å². The van der Waals surface area contributed by atoms with Crippen LogP contribution in [0, 0.1) is 5.92 Å². The minimum Gasteiger partial charge on any atom is -0.497 e. The monoisotopic (exact) mass is 500 g/mol. The Kier molecular flexibility index (Phi) is 7.17. The molecule has 2 heterocycles. The van der Waals surface area contributed by atoms with Gasteiger partial charge >= 0.3 is 0 Å². The molecular formula is C25H22Cl2N2O3S. The largest absolute Gasteiger partial charge is 0.497 e. The van der Waals surface area contributed by atoms with Gasteiger partial charge in [0.05, 0.1) is 22.7 Å². The van der Waals surface area contributed by atoms with Crippen molar-refractivity contribution in [3.63, 3.8) is 0 Å². The van der Waals surface area contributed by atoms with E-state index in [1.54, 1.807) is 42.4 Å². The molecule has 1 amide bonds. The first-order valence-corrected chi connectivity index (χ1v) is 11.9. The fourth-order valence-corrected chi connectivity index (χ4v) is 4.65. The SMILES string of the molecule is COc1ccc(N=C2SC(=Cc3ccc(-c4cc(Cl)ccc4Cl)o3)C(=O)N2CC(C)C)cc1. The number of methoxy groups -OCH3 is 1. The molecular weight excluding hydrogens is 479 g/mol. The second kappa shape index (κ2) is 10.1. The van der Waals surface area contributed by atoms with Gasteiger partial charge in [0.1, 0.15) is 17.3 Å². The highest BCUT2D eigenvalue weighted by Gasteiger charge is 2.34. The molecule has 0 radical (unpaired) electrons. The van der Waals surface area contributed by atoms with Crippen molar-refractivity contribution in [2.45, 2.75) is 13.8 Å². The zero-order chi connectivity index (χ0) is 23.5. The highest BCUT2D eigenvalue weighted by Crippen LogP contribution is 2.37. The molecule has 8 heteroatoms. The molecule has 0 aliphatic carbocycles. The zero-order valence-electron chi connectivity index (χ0n) is 18.3. The number of benzene rings is 2. The van der Waals surface area contributed by atoms with Gasteiger partial charge in [0.15, 0.2) is 5.17 Å². The van der Waals surface area contributed by atoms with Crippen molar-refractivity contribution in [1.29, 1.82) is 0 Å². The Morgan fingerprint density at radius 3 is 2.58 bits per heavy atom. The Hall–Kier alpha value is -2.67. The first-order chi connectivity index (χ1) is 15.8. The summed E-state index contributed by atoms with van der Waals surface area (Å²) in [5.74, 6) is 2.07. The van der Waals surface area contributed by atoms with Crippen LogP contribution in [0.4, 0.5) is 5.69 Å². The van der Waals surface area contributed by atoms with E-state index in [0.29, 0.717) is 43.7 Å². The number of aliphatic imine (C=N–C) groups is 1. The lowest BCUT2D eigenvalue weighted by atomic mass is 10.2. The number of thioether (sulfide) groups is 1. The molecule has 33 heavy (non-hydrogen) atoms. The molecule has 0 atom stereocenters. The van der Waals surface area contributed by atoms with Crippen molar-refractivity contribution in [3.8, 4) is 17.1 Å². The van der Waals surface area contributed by atoms with E-state index in [0.717, 1.165) is 11.4 Å². The summed E-state index contributed by atoms with van der Waals surface area (Å²) in [7, 11) is 1.62. The molecule has 1 aliphatic rings. The molecule has 0 unspecified atom stereocenters. The van der Waals surface area contributed by atoms with Crippen LogP contribution in [0.3, 0.4) is 0 Å². The van der Waals surface area contributed by atoms with E-state index in [4.69, 9.17) is 37.3 Å². The second-order valence-corrected chi connectivity index (χ2v) is 9.69. The molecule has 4 rings (SSSR count). The predicted octanol–water partition coefficient (Wildman–Crippen LogP) is 7.52. The summed E-state index contributed by atoms with van der Waals surface area (Å²) in [6, 6.07) is 16.2. The number of nitrogens with zero attached hydrogens (tertiary/aromatic N) is 2. The maximum absolute atomic E-state index is 13.2. The Morgan fingerprint density at radius 2 is 1.88 bits per heavy atom. The lowest BCUT2D eigenvalue weighted by Gasteiger charge is -2.17. The van der Waals surface area contributed by atoms with Gasteiger partial charge in [-0.1, -0.05) is 37.0 Å². The zero-order valence-corrected chi connectivity index (χ0v) is 20.7. The number of amidine groups is 1. The van der Waals surface area contributed by atoms with Gasteiger partial charge in [0.25, 0.3) is 5.91 Å². The smallest absolute Gasteiger partial charge is 0.266 e. The summed E-state index contributed by atoms with van der Waals surface area (Å²) in [5, 5.41) is 1.74. The Labute approximate surface area is 207 Å². The van der Waals surface area contributed by atoms with E-state index >= 15 is 0 Å². The van der Waals surface area contributed by atoms with Gasteiger partial charge < -0.3 is 9.15 Å². The highest BCUT2D eigenvalue weighted by molar-refractivity contribution is 8.18. The molecule has 0 N–H and O–H groups in total. The van der Waals surface area contributed by atoms with Crippen molar-refractivity contribution in [1.82, 2.24) is 4.90 Å². The van der Waals surface area contributed by atoms with Gasteiger partial charge in [-0.15, -0.1) is 0 Å². The summed E-state index contributed by atoms with van der Waals surface area (Å²) in [4.78, 5) is 20.1. The van der Waals surface area contributed by atoms with Crippen LogP contribution < -0.4 is 4.74 Å². The van der Waals surface area contributed by atoms with Crippen LogP contribution in [0.25, 0.3) is 17.4 Å². The van der Waals surface area contributed by atoms with E-state index in [1.807, 2.05) is 30.3 Å². The summed E-state index contributed by atoms with van der Waals surface area (Å²) in [5.41, 5.74) is 1.44. The number of halogens is 2. The number of amides is 1. The molecule has 5 nitrogen and oxygen atoms in total. The average Bonchev–Trinajstić information content (AvgIpc) is 3.36. The predicted molar refractivity (Wildman–Crippen MR) is 136 cm³/mol. The standard InChI is InChI=1S/C25H22Cl2N2O3S/c1-15(2)14-29-24(30)23(33-25(29)28-17-5-7-18(31-3)8-6-17)13-19-9-11-22(32-19)20-12-16(26)4-10-21(20)27/h4-13,15H,14H2,1-3H3. The fraction of sp³-hybridized carbons (Fsp3) is 0.200. The Morgan fingerprint density at radius 1 is 1.12 bits per heavy atom. The van der Waals surface area contributed by atoms with Crippen LogP contribution in [0.15, 0.2) is 68.9 Å². The van der Waals surface area contributed by atoms with E-state index < -0.39 is 0 Å². The number of furan rings is 1. The maximum atomic E-state index is 13.2. The molecule has 2 aromatic carbocycles. The summed E-state index contributed by atoms with van der Waals surface area (Å²) >= 11 is 13.7. The normalized spacial score (nSPS) is 16.4. The van der Waals surface area contributed by atoms with Crippen LogP contribution >= 0.6 is 35.0 Å². The van der Waals surface area contributed by atoms with Crippen molar-refractivity contribution >= 4 is 57.8 Å². The second-order valence-electron chi connectivity index (χ2n) is 7.84. The van der Waals surface area contributed by atoms with Crippen LogP contribution in [-0.2, 0) is 4.79 Å². The third-order valence-electron chi connectivity index (χ3n) is 4.83. The molecule has 170 valence electrons. The average molecular weight is 501 g/mol. The van der Waals surface area contributed by atoms with Gasteiger partial charge in [-0.25, -0.2) is 4.99 Å². The maximum Gasteiger partial charge on any atom is 0.266 e. The minimum atomic E-state index is -0.0975. The Bertz CT molecular complexity index is 1230. The molecule has 1 fully saturated rings. The number of carbonyl (C=O) groups excluding carboxylic acids is 1. The summed E-state index contributed by atoms with van der Waals surface area (Å²) < 4.78 is 11.2. The molecule has 3 aromatic rings. The van der Waals surface area contributed by atoms with Gasteiger partial charge in [0.2, 0.25) is 0 Å². The van der Waals surface area contributed by atoms with Crippen LogP contribution in [0.1, 0.15) is 19.6 Å². The van der Waals surface area contributed by atoms with Gasteiger partial charge in [-0.05, 0) is 72.3 Å². The number of ether oxygens (including phenoxy) is 1. The van der Waals surface area contributed by atoms with Gasteiger partial charge in [-0.3, -0.25) is 9.69 Å². The minimum absolute atomic E-state index is 0.0975.